The van der Waals surface area contributed by atoms with Gasteiger partial charge in [0.25, 0.3) is 0 Å². The summed E-state index contributed by atoms with van der Waals surface area (Å²) < 4.78 is 0. The van der Waals surface area contributed by atoms with E-state index in [0.717, 1.165) is 11.1 Å². The third kappa shape index (κ3) is 2.68. The lowest BCUT2D eigenvalue weighted by Gasteiger charge is -2.11. The maximum atomic E-state index is 9.61. The predicted octanol–water partition coefficient (Wildman–Crippen LogP) is 5.34. The van der Waals surface area contributed by atoms with Gasteiger partial charge in [-0.1, -0.05) is 54.6 Å². The van der Waals surface area contributed by atoms with E-state index < -0.39 is 0 Å². The number of aryl methyl sites for hydroxylation is 2. The fourth-order valence-corrected chi connectivity index (χ4v) is 2.71. The molecule has 0 spiro atoms. The van der Waals surface area contributed by atoms with E-state index in [-0.39, 0.29) is 0 Å². The van der Waals surface area contributed by atoms with Crippen molar-refractivity contribution in [1.82, 2.24) is 0 Å². The summed E-state index contributed by atoms with van der Waals surface area (Å²) in [6.07, 6.45) is 0. The molecule has 0 fully saturated rings. The largest absolute Gasteiger partial charge is 0.508 e. The highest BCUT2D eigenvalue weighted by Gasteiger charge is 2.06. The van der Waals surface area contributed by atoms with E-state index in [2.05, 4.69) is 56.3 Å². The highest BCUT2D eigenvalue weighted by atomic mass is 16.3. The molecule has 0 amide bonds. The molecule has 0 aliphatic carbocycles. The average Bonchev–Trinajstić information content (AvgIpc) is 2.48. The second-order valence-corrected chi connectivity index (χ2v) is 5.39. The van der Waals surface area contributed by atoms with Gasteiger partial charge in [0.2, 0.25) is 0 Å². The summed E-state index contributed by atoms with van der Waals surface area (Å²) in [4.78, 5) is 0. The molecule has 1 N–H and O–H groups in total. The Hall–Kier alpha value is -2.54. The lowest BCUT2D eigenvalue weighted by atomic mass is 9.93. The van der Waals surface area contributed by atoms with Crippen LogP contribution in [0.25, 0.3) is 22.3 Å². The molecular weight excluding hydrogens is 256 g/mol. The molecule has 0 aliphatic heterocycles. The first-order chi connectivity index (χ1) is 10.1. The molecule has 0 bridgehead atoms. The van der Waals surface area contributed by atoms with Gasteiger partial charge < -0.3 is 5.11 Å². The first-order valence-corrected chi connectivity index (χ1v) is 7.11. The van der Waals surface area contributed by atoms with Crippen LogP contribution >= 0.6 is 0 Å². The first-order valence-electron chi connectivity index (χ1n) is 7.11. The molecular formula is C20H18O. The van der Waals surface area contributed by atoms with Crippen LogP contribution < -0.4 is 0 Å². The number of hydrogen-bond acceptors (Lipinski definition) is 1. The van der Waals surface area contributed by atoms with E-state index in [1.54, 1.807) is 12.1 Å². The summed E-state index contributed by atoms with van der Waals surface area (Å²) in [5, 5.41) is 9.61. The monoisotopic (exact) mass is 274 g/mol. The molecule has 0 radical (unpaired) electrons. The fraction of sp³-hybridized carbons (Fsp3) is 0.100. The van der Waals surface area contributed by atoms with Gasteiger partial charge in [-0.2, -0.15) is 0 Å². The number of aromatic hydroxyl groups is 1. The van der Waals surface area contributed by atoms with Crippen LogP contribution in [0.15, 0.2) is 66.7 Å². The predicted molar refractivity (Wildman–Crippen MR) is 88.5 cm³/mol. The lowest BCUT2D eigenvalue weighted by Crippen LogP contribution is -1.88. The van der Waals surface area contributed by atoms with Crippen LogP contribution in [0.5, 0.6) is 5.75 Å². The smallest absolute Gasteiger partial charge is 0.116 e. The number of hydrogen-bond donors (Lipinski definition) is 1. The number of rotatable bonds is 2. The van der Waals surface area contributed by atoms with Gasteiger partial charge in [0.15, 0.2) is 0 Å². The van der Waals surface area contributed by atoms with Crippen LogP contribution in [0, 0.1) is 13.8 Å². The standard InChI is InChI=1S/C20H18O/c1-14-6-3-4-9-19(14)20-11-10-17(12-15(20)2)16-7-5-8-18(21)13-16/h3-13,21H,1-2H3. The van der Waals surface area contributed by atoms with Crippen molar-refractivity contribution in [2.45, 2.75) is 13.8 Å². The van der Waals surface area contributed by atoms with Gasteiger partial charge in [-0.05, 0) is 59.4 Å². The van der Waals surface area contributed by atoms with Gasteiger partial charge in [0, 0.05) is 0 Å². The molecule has 1 nitrogen and oxygen atoms in total. The van der Waals surface area contributed by atoms with Crippen LogP contribution in [0.4, 0.5) is 0 Å². The van der Waals surface area contributed by atoms with Crippen molar-refractivity contribution in [3.63, 3.8) is 0 Å². The molecule has 0 aliphatic rings. The van der Waals surface area contributed by atoms with Crippen molar-refractivity contribution in [3.8, 4) is 28.0 Å². The highest BCUT2D eigenvalue weighted by molar-refractivity contribution is 5.75. The Labute approximate surface area is 125 Å². The summed E-state index contributed by atoms with van der Waals surface area (Å²) in [5.41, 5.74) is 7.22. The minimum absolute atomic E-state index is 0.299. The average molecular weight is 274 g/mol. The van der Waals surface area contributed by atoms with Crippen molar-refractivity contribution in [2.24, 2.45) is 0 Å². The van der Waals surface area contributed by atoms with Crippen molar-refractivity contribution in [3.05, 3.63) is 77.9 Å². The molecule has 3 rings (SSSR count). The number of phenols is 1. The van der Waals surface area contributed by atoms with E-state index in [1.165, 1.54) is 22.3 Å². The van der Waals surface area contributed by atoms with Gasteiger partial charge in [-0.15, -0.1) is 0 Å². The Kier molecular flexibility index (Phi) is 3.49. The van der Waals surface area contributed by atoms with Crippen molar-refractivity contribution >= 4 is 0 Å². The molecule has 3 aromatic carbocycles. The number of benzene rings is 3. The Morgan fingerprint density at radius 3 is 2.05 bits per heavy atom. The van der Waals surface area contributed by atoms with Gasteiger partial charge in [0.05, 0.1) is 0 Å². The summed E-state index contributed by atoms with van der Waals surface area (Å²) in [6, 6.07) is 22.3. The van der Waals surface area contributed by atoms with Crippen molar-refractivity contribution < 1.29 is 5.11 Å². The highest BCUT2D eigenvalue weighted by Crippen LogP contribution is 2.31. The third-order valence-electron chi connectivity index (χ3n) is 3.84. The zero-order valence-electron chi connectivity index (χ0n) is 12.3. The second kappa shape index (κ2) is 5.45. The molecule has 0 aromatic heterocycles. The summed E-state index contributed by atoms with van der Waals surface area (Å²) >= 11 is 0. The molecule has 0 saturated heterocycles. The maximum absolute atomic E-state index is 9.61. The van der Waals surface area contributed by atoms with E-state index in [9.17, 15) is 5.11 Å². The Morgan fingerprint density at radius 2 is 1.33 bits per heavy atom. The molecule has 0 heterocycles. The Morgan fingerprint density at radius 1 is 0.619 bits per heavy atom. The zero-order chi connectivity index (χ0) is 14.8. The summed E-state index contributed by atoms with van der Waals surface area (Å²) in [7, 11) is 0. The minimum Gasteiger partial charge on any atom is -0.508 e. The zero-order valence-corrected chi connectivity index (χ0v) is 12.3. The lowest BCUT2D eigenvalue weighted by molar-refractivity contribution is 0.475. The topological polar surface area (TPSA) is 20.2 Å². The van der Waals surface area contributed by atoms with Crippen molar-refractivity contribution in [2.75, 3.05) is 0 Å². The minimum atomic E-state index is 0.299. The van der Waals surface area contributed by atoms with Crippen LogP contribution in [0.1, 0.15) is 11.1 Å². The molecule has 0 unspecified atom stereocenters. The normalized spacial score (nSPS) is 10.6. The van der Waals surface area contributed by atoms with E-state index in [0.29, 0.717) is 5.75 Å². The maximum Gasteiger partial charge on any atom is 0.116 e. The molecule has 0 saturated carbocycles. The third-order valence-corrected chi connectivity index (χ3v) is 3.84. The molecule has 21 heavy (non-hydrogen) atoms. The van der Waals surface area contributed by atoms with E-state index in [1.807, 2.05) is 12.1 Å². The van der Waals surface area contributed by atoms with Crippen molar-refractivity contribution in [1.29, 1.82) is 0 Å². The Bertz CT molecular complexity index is 787. The summed E-state index contributed by atoms with van der Waals surface area (Å²) in [6.45, 7) is 4.27. The Balaban J connectivity index is 2.07. The van der Waals surface area contributed by atoms with Gasteiger partial charge in [0.1, 0.15) is 5.75 Å². The molecule has 1 heteroatoms. The summed E-state index contributed by atoms with van der Waals surface area (Å²) in [5.74, 6) is 0.299. The van der Waals surface area contributed by atoms with E-state index >= 15 is 0 Å². The first kappa shape index (κ1) is 13.4. The molecule has 104 valence electrons. The van der Waals surface area contributed by atoms with Crippen LogP contribution in [-0.4, -0.2) is 5.11 Å². The second-order valence-electron chi connectivity index (χ2n) is 5.39. The van der Waals surface area contributed by atoms with E-state index in [4.69, 9.17) is 0 Å². The van der Waals surface area contributed by atoms with Crippen LogP contribution in [-0.2, 0) is 0 Å². The van der Waals surface area contributed by atoms with Gasteiger partial charge in [-0.3, -0.25) is 0 Å². The van der Waals surface area contributed by atoms with Crippen LogP contribution in [0.3, 0.4) is 0 Å². The van der Waals surface area contributed by atoms with Gasteiger partial charge >= 0.3 is 0 Å². The quantitative estimate of drug-likeness (QED) is 0.668. The molecule has 0 atom stereocenters. The molecule has 3 aromatic rings. The fourth-order valence-electron chi connectivity index (χ4n) is 2.71. The SMILES string of the molecule is Cc1ccccc1-c1ccc(-c2cccc(O)c2)cc1C. The number of phenolic OH excluding ortho intramolecular Hbond substituents is 1. The van der Waals surface area contributed by atoms with Gasteiger partial charge in [-0.25, -0.2) is 0 Å². The van der Waals surface area contributed by atoms with Crippen LogP contribution in [0.2, 0.25) is 0 Å².